The van der Waals surface area contributed by atoms with Gasteiger partial charge in [0.25, 0.3) is 0 Å². The predicted molar refractivity (Wildman–Crippen MR) is 75.5 cm³/mol. The minimum atomic E-state index is 0.808. The van der Waals surface area contributed by atoms with Gasteiger partial charge in [-0.1, -0.05) is 19.9 Å². The third-order valence-corrected chi connectivity index (χ3v) is 3.39. The van der Waals surface area contributed by atoms with Gasteiger partial charge in [0.2, 0.25) is 0 Å². The molecular formula is C14H17N5. The van der Waals surface area contributed by atoms with Crippen molar-refractivity contribution >= 4 is 11.3 Å². The SMILES string of the molecule is CCc1nn(-c2cccc3nccn23)c(CC)c1N. The molecule has 98 valence electrons. The van der Waals surface area contributed by atoms with Gasteiger partial charge in [-0.15, -0.1) is 0 Å². The van der Waals surface area contributed by atoms with Crippen molar-refractivity contribution in [2.75, 3.05) is 5.73 Å². The van der Waals surface area contributed by atoms with E-state index in [4.69, 9.17) is 5.73 Å². The Balaban J connectivity index is 2.29. The normalized spacial score (nSPS) is 11.3. The number of nitrogen functional groups attached to an aromatic ring is 1. The average Bonchev–Trinajstić information content (AvgIpc) is 3.02. The van der Waals surface area contributed by atoms with Crippen LogP contribution in [0.25, 0.3) is 11.5 Å². The first kappa shape index (κ1) is 11.8. The molecule has 3 rings (SSSR count). The lowest BCUT2D eigenvalue weighted by atomic mass is 10.2. The number of rotatable bonds is 3. The summed E-state index contributed by atoms with van der Waals surface area (Å²) in [6.07, 6.45) is 5.42. The summed E-state index contributed by atoms with van der Waals surface area (Å²) in [6.45, 7) is 4.16. The Hall–Kier alpha value is -2.30. The number of aryl methyl sites for hydroxylation is 1. The molecule has 19 heavy (non-hydrogen) atoms. The molecule has 0 amide bonds. The second-order valence-electron chi connectivity index (χ2n) is 4.47. The molecule has 0 aliphatic heterocycles. The van der Waals surface area contributed by atoms with Crippen molar-refractivity contribution in [3.63, 3.8) is 0 Å². The van der Waals surface area contributed by atoms with Gasteiger partial charge in [0.15, 0.2) is 0 Å². The zero-order valence-electron chi connectivity index (χ0n) is 11.2. The number of hydrogen-bond acceptors (Lipinski definition) is 3. The summed E-state index contributed by atoms with van der Waals surface area (Å²) in [5.74, 6) is 0.971. The molecule has 3 aromatic rings. The molecule has 0 aromatic carbocycles. The molecule has 5 heteroatoms. The molecule has 0 radical (unpaired) electrons. The van der Waals surface area contributed by atoms with Gasteiger partial charge < -0.3 is 5.73 Å². The van der Waals surface area contributed by atoms with Crippen molar-refractivity contribution < 1.29 is 0 Å². The highest BCUT2D eigenvalue weighted by Gasteiger charge is 2.15. The minimum Gasteiger partial charge on any atom is -0.396 e. The highest BCUT2D eigenvalue weighted by Crippen LogP contribution is 2.22. The second kappa shape index (κ2) is 4.42. The van der Waals surface area contributed by atoms with Gasteiger partial charge in [0.1, 0.15) is 11.5 Å². The molecular weight excluding hydrogens is 238 g/mol. The van der Waals surface area contributed by atoms with Gasteiger partial charge in [-0.05, 0) is 25.0 Å². The first-order valence-electron chi connectivity index (χ1n) is 6.55. The number of fused-ring (bicyclic) bond motifs is 1. The minimum absolute atomic E-state index is 0.808. The Bertz CT molecular complexity index is 723. The Morgan fingerprint density at radius 1 is 1.21 bits per heavy atom. The van der Waals surface area contributed by atoms with Gasteiger partial charge in [-0.3, -0.25) is 4.40 Å². The largest absolute Gasteiger partial charge is 0.396 e. The Labute approximate surface area is 111 Å². The fourth-order valence-electron chi connectivity index (χ4n) is 2.41. The van der Waals surface area contributed by atoms with E-state index in [1.54, 1.807) is 6.20 Å². The number of imidazole rings is 1. The van der Waals surface area contributed by atoms with Crippen LogP contribution in [0.3, 0.4) is 0 Å². The summed E-state index contributed by atoms with van der Waals surface area (Å²) in [4.78, 5) is 4.30. The number of nitrogens with zero attached hydrogens (tertiary/aromatic N) is 4. The molecule has 0 atom stereocenters. The monoisotopic (exact) mass is 255 g/mol. The van der Waals surface area contributed by atoms with Gasteiger partial charge in [0, 0.05) is 12.4 Å². The van der Waals surface area contributed by atoms with Crippen LogP contribution >= 0.6 is 0 Å². The molecule has 0 saturated heterocycles. The smallest absolute Gasteiger partial charge is 0.140 e. The molecule has 0 spiro atoms. The van der Waals surface area contributed by atoms with E-state index >= 15 is 0 Å². The molecule has 0 unspecified atom stereocenters. The lowest BCUT2D eigenvalue weighted by Crippen LogP contribution is -2.07. The summed E-state index contributed by atoms with van der Waals surface area (Å²) in [7, 11) is 0. The van der Waals surface area contributed by atoms with E-state index < -0.39 is 0 Å². The van der Waals surface area contributed by atoms with E-state index in [0.29, 0.717) is 0 Å². The van der Waals surface area contributed by atoms with E-state index in [2.05, 4.69) is 23.9 Å². The van der Waals surface area contributed by atoms with Gasteiger partial charge >= 0.3 is 0 Å². The Kier molecular flexibility index (Phi) is 2.74. The van der Waals surface area contributed by atoms with Crippen LogP contribution in [0.4, 0.5) is 5.69 Å². The van der Waals surface area contributed by atoms with E-state index in [-0.39, 0.29) is 0 Å². The molecule has 2 N–H and O–H groups in total. The highest BCUT2D eigenvalue weighted by molar-refractivity contribution is 5.53. The number of aromatic nitrogens is 4. The van der Waals surface area contributed by atoms with E-state index in [1.807, 2.05) is 33.5 Å². The quantitative estimate of drug-likeness (QED) is 0.780. The molecule has 0 aliphatic carbocycles. The maximum Gasteiger partial charge on any atom is 0.140 e. The fourth-order valence-corrected chi connectivity index (χ4v) is 2.41. The van der Waals surface area contributed by atoms with Crippen LogP contribution in [0.15, 0.2) is 30.6 Å². The second-order valence-corrected chi connectivity index (χ2v) is 4.47. The summed E-state index contributed by atoms with van der Waals surface area (Å²) < 4.78 is 3.95. The van der Waals surface area contributed by atoms with Crippen LogP contribution in [0.1, 0.15) is 25.2 Å². The van der Waals surface area contributed by atoms with Gasteiger partial charge in [-0.2, -0.15) is 5.10 Å². The number of hydrogen-bond donors (Lipinski definition) is 1. The number of pyridine rings is 1. The van der Waals surface area contributed by atoms with Crippen LogP contribution in [0.2, 0.25) is 0 Å². The first-order chi connectivity index (χ1) is 9.26. The average molecular weight is 255 g/mol. The third-order valence-electron chi connectivity index (χ3n) is 3.39. The Morgan fingerprint density at radius 3 is 2.79 bits per heavy atom. The fraction of sp³-hybridized carbons (Fsp3) is 0.286. The van der Waals surface area contributed by atoms with Crippen LogP contribution < -0.4 is 5.73 Å². The molecule has 5 nitrogen and oxygen atoms in total. The van der Waals surface area contributed by atoms with Crippen molar-refractivity contribution in [3.05, 3.63) is 42.0 Å². The van der Waals surface area contributed by atoms with Crippen LogP contribution in [0, 0.1) is 0 Å². The number of anilines is 1. The third kappa shape index (κ3) is 1.69. The van der Waals surface area contributed by atoms with E-state index in [0.717, 1.165) is 41.4 Å². The summed E-state index contributed by atoms with van der Waals surface area (Å²) in [5.41, 5.74) is 9.90. The molecule has 3 aromatic heterocycles. The maximum absolute atomic E-state index is 6.17. The van der Waals surface area contributed by atoms with Crippen molar-refractivity contribution in [2.45, 2.75) is 26.7 Å². The standard InChI is InChI=1S/C14H17N5/c1-3-10-14(15)11(4-2)19(17-10)13-7-5-6-12-16-8-9-18(12)13/h5-9H,3-4,15H2,1-2H3. The van der Waals surface area contributed by atoms with Gasteiger partial charge in [0.05, 0.1) is 17.1 Å². The van der Waals surface area contributed by atoms with Crippen molar-refractivity contribution in [1.29, 1.82) is 0 Å². The lowest BCUT2D eigenvalue weighted by Gasteiger charge is -2.08. The lowest BCUT2D eigenvalue weighted by molar-refractivity contribution is 0.762. The van der Waals surface area contributed by atoms with Crippen LogP contribution in [0.5, 0.6) is 0 Å². The van der Waals surface area contributed by atoms with E-state index in [9.17, 15) is 0 Å². The zero-order valence-corrected chi connectivity index (χ0v) is 11.2. The molecule has 0 bridgehead atoms. The number of nitrogens with two attached hydrogens (primary N) is 1. The summed E-state index contributed by atoms with van der Waals surface area (Å²) >= 11 is 0. The van der Waals surface area contributed by atoms with E-state index in [1.165, 1.54) is 0 Å². The topological polar surface area (TPSA) is 61.1 Å². The van der Waals surface area contributed by atoms with Crippen molar-refractivity contribution in [2.24, 2.45) is 0 Å². The summed E-state index contributed by atoms with van der Waals surface area (Å²) in [5, 5.41) is 4.64. The molecule has 0 aliphatic rings. The summed E-state index contributed by atoms with van der Waals surface area (Å²) in [6, 6.07) is 5.99. The van der Waals surface area contributed by atoms with Crippen molar-refractivity contribution in [1.82, 2.24) is 19.2 Å². The van der Waals surface area contributed by atoms with Gasteiger partial charge in [-0.25, -0.2) is 9.67 Å². The Morgan fingerprint density at radius 2 is 2.05 bits per heavy atom. The molecule has 0 fully saturated rings. The highest BCUT2D eigenvalue weighted by atomic mass is 15.3. The predicted octanol–water partition coefficient (Wildman–Crippen LogP) is 2.23. The van der Waals surface area contributed by atoms with Crippen molar-refractivity contribution in [3.8, 4) is 5.82 Å². The zero-order chi connectivity index (χ0) is 13.4. The molecule has 0 saturated carbocycles. The van der Waals surface area contributed by atoms with Crippen LogP contribution in [-0.2, 0) is 12.8 Å². The first-order valence-corrected chi connectivity index (χ1v) is 6.55. The maximum atomic E-state index is 6.17. The van der Waals surface area contributed by atoms with Crippen LogP contribution in [-0.4, -0.2) is 19.2 Å². The molecule has 3 heterocycles.